The van der Waals surface area contributed by atoms with Gasteiger partial charge in [-0.3, -0.25) is 0 Å². The van der Waals surface area contributed by atoms with Crippen molar-refractivity contribution < 1.29 is 9.53 Å². The third-order valence-corrected chi connectivity index (χ3v) is 3.77. The molecule has 0 bridgehead atoms. The molecule has 6 heteroatoms. The molecule has 3 rings (SSSR count). The van der Waals surface area contributed by atoms with Crippen LogP contribution in [-0.2, 0) is 11.3 Å². The number of rotatable bonds is 6. The lowest BCUT2D eigenvalue weighted by atomic mass is 10.1. The van der Waals surface area contributed by atoms with Crippen LogP contribution in [0.15, 0.2) is 60.8 Å². The van der Waals surface area contributed by atoms with Crippen molar-refractivity contribution in [3.63, 3.8) is 0 Å². The molecule has 0 aliphatic rings. The minimum absolute atomic E-state index is 0.360. The van der Waals surface area contributed by atoms with E-state index in [0.29, 0.717) is 23.9 Å². The number of benzene rings is 2. The van der Waals surface area contributed by atoms with Crippen LogP contribution in [0.25, 0.3) is 0 Å². The lowest BCUT2D eigenvalue weighted by Gasteiger charge is -2.09. The summed E-state index contributed by atoms with van der Waals surface area (Å²) in [6.45, 7) is 2.72. The first kappa shape index (κ1) is 17.4. The van der Waals surface area contributed by atoms with Crippen LogP contribution in [0.4, 0.5) is 17.5 Å². The van der Waals surface area contributed by atoms with Crippen molar-refractivity contribution in [1.82, 2.24) is 9.97 Å². The average Bonchev–Trinajstić information content (AvgIpc) is 2.67. The summed E-state index contributed by atoms with van der Waals surface area (Å²) in [5.74, 6) is 0.849. The summed E-state index contributed by atoms with van der Waals surface area (Å²) < 4.78 is 4.69. The van der Waals surface area contributed by atoms with E-state index in [4.69, 9.17) is 4.74 Å². The maximum atomic E-state index is 11.5. The molecule has 0 saturated carbocycles. The molecule has 0 unspecified atom stereocenters. The summed E-state index contributed by atoms with van der Waals surface area (Å²) in [5.41, 5.74) is 3.71. The summed E-state index contributed by atoms with van der Waals surface area (Å²) in [5, 5.41) is 6.42. The molecular weight excluding hydrogens is 328 g/mol. The molecule has 1 aromatic heterocycles. The minimum Gasteiger partial charge on any atom is -0.465 e. The highest BCUT2D eigenvalue weighted by atomic mass is 16.5. The Morgan fingerprint density at radius 3 is 2.65 bits per heavy atom. The molecule has 0 aliphatic heterocycles. The number of hydrogen-bond acceptors (Lipinski definition) is 6. The molecule has 0 spiro atoms. The van der Waals surface area contributed by atoms with Gasteiger partial charge in [0.15, 0.2) is 0 Å². The Kier molecular flexibility index (Phi) is 5.43. The van der Waals surface area contributed by atoms with Gasteiger partial charge in [-0.2, -0.15) is 4.98 Å². The molecule has 0 atom stereocenters. The smallest absolute Gasteiger partial charge is 0.337 e. The van der Waals surface area contributed by atoms with E-state index in [1.807, 2.05) is 6.07 Å². The number of carbonyl (C=O) groups is 1. The van der Waals surface area contributed by atoms with Crippen molar-refractivity contribution in [3.8, 4) is 0 Å². The summed E-state index contributed by atoms with van der Waals surface area (Å²) in [4.78, 5) is 20.2. The quantitative estimate of drug-likeness (QED) is 0.658. The van der Waals surface area contributed by atoms with Gasteiger partial charge < -0.3 is 15.4 Å². The van der Waals surface area contributed by atoms with Crippen LogP contribution in [0.5, 0.6) is 0 Å². The number of methoxy groups -OCH3 is 1. The SMILES string of the molecule is COC(=O)c1ccc(Nc2ccnc(NCc3cccc(C)c3)n2)cc1. The van der Waals surface area contributed by atoms with Crippen LogP contribution >= 0.6 is 0 Å². The van der Waals surface area contributed by atoms with E-state index in [1.165, 1.54) is 18.2 Å². The monoisotopic (exact) mass is 348 g/mol. The van der Waals surface area contributed by atoms with Crippen LogP contribution in [0, 0.1) is 6.92 Å². The van der Waals surface area contributed by atoms with Crippen molar-refractivity contribution in [2.75, 3.05) is 17.7 Å². The van der Waals surface area contributed by atoms with Gasteiger partial charge in [0.05, 0.1) is 12.7 Å². The topological polar surface area (TPSA) is 76.1 Å². The lowest BCUT2D eigenvalue weighted by molar-refractivity contribution is 0.0601. The zero-order valence-corrected chi connectivity index (χ0v) is 14.7. The first-order valence-corrected chi connectivity index (χ1v) is 8.22. The zero-order valence-electron chi connectivity index (χ0n) is 14.7. The van der Waals surface area contributed by atoms with E-state index in [-0.39, 0.29) is 5.97 Å². The van der Waals surface area contributed by atoms with Crippen LogP contribution in [0.3, 0.4) is 0 Å². The van der Waals surface area contributed by atoms with E-state index in [0.717, 1.165) is 5.69 Å². The van der Waals surface area contributed by atoms with E-state index in [1.54, 1.807) is 36.5 Å². The Labute approximate surface area is 152 Å². The summed E-state index contributed by atoms with van der Waals surface area (Å²) in [6, 6.07) is 17.1. The van der Waals surface area contributed by atoms with Crippen molar-refractivity contribution in [2.45, 2.75) is 13.5 Å². The van der Waals surface area contributed by atoms with Gasteiger partial charge in [-0.15, -0.1) is 0 Å². The van der Waals surface area contributed by atoms with E-state index >= 15 is 0 Å². The van der Waals surface area contributed by atoms with Gasteiger partial charge in [0.2, 0.25) is 5.95 Å². The third kappa shape index (κ3) is 4.57. The minimum atomic E-state index is -0.360. The molecular formula is C20H20N4O2. The van der Waals surface area contributed by atoms with Gasteiger partial charge in [-0.05, 0) is 42.8 Å². The Balaban J connectivity index is 1.64. The standard InChI is InChI=1S/C20H20N4O2/c1-14-4-3-5-15(12-14)13-22-20-21-11-10-18(24-20)23-17-8-6-16(7-9-17)19(25)26-2/h3-12H,13H2,1-2H3,(H2,21,22,23,24). The number of aromatic nitrogens is 2. The fraction of sp³-hybridized carbons (Fsp3) is 0.150. The predicted molar refractivity (Wildman–Crippen MR) is 102 cm³/mol. The van der Waals surface area contributed by atoms with Gasteiger partial charge in [0.25, 0.3) is 0 Å². The van der Waals surface area contributed by atoms with E-state index < -0.39 is 0 Å². The molecule has 3 aromatic rings. The third-order valence-electron chi connectivity index (χ3n) is 3.77. The van der Waals surface area contributed by atoms with Gasteiger partial charge in [0.1, 0.15) is 5.82 Å². The van der Waals surface area contributed by atoms with Crippen molar-refractivity contribution in [1.29, 1.82) is 0 Å². The molecule has 0 aliphatic carbocycles. The number of nitrogens with zero attached hydrogens (tertiary/aromatic N) is 2. The zero-order chi connectivity index (χ0) is 18.4. The predicted octanol–water partition coefficient (Wildman–Crippen LogP) is 3.93. The Morgan fingerprint density at radius 1 is 1.12 bits per heavy atom. The highest BCUT2D eigenvalue weighted by Crippen LogP contribution is 2.17. The maximum absolute atomic E-state index is 11.5. The average molecular weight is 348 g/mol. The number of anilines is 3. The molecule has 0 radical (unpaired) electrons. The van der Waals surface area contributed by atoms with Crippen molar-refractivity contribution in [2.24, 2.45) is 0 Å². The number of nitrogens with one attached hydrogen (secondary N) is 2. The molecule has 26 heavy (non-hydrogen) atoms. The molecule has 0 fully saturated rings. The molecule has 1 heterocycles. The van der Waals surface area contributed by atoms with Gasteiger partial charge in [0, 0.05) is 18.4 Å². The van der Waals surface area contributed by atoms with E-state index in [9.17, 15) is 4.79 Å². The first-order valence-electron chi connectivity index (χ1n) is 8.22. The summed E-state index contributed by atoms with van der Waals surface area (Å²) in [7, 11) is 1.36. The van der Waals surface area contributed by atoms with E-state index in [2.05, 4.69) is 45.7 Å². The second-order valence-electron chi connectivity index (χ2n) is 5.80. The van der Waals surface area contributed by atoms with Crippen LogP contribution in [0.2, 0.25) is 0 Å². The molecule has 2 aromatic carbocycles. The molecule has 0 saturated heterocycles. The second kappa shape index (κ2) is 8.11. The van der Waals surface area contributed by atoms with Crippen LogP contribution in [-0.4, -0.2) is 23.0 Å². The Bertz CT molecular complexity index is 894. The Morgan fingerprint density at radius 2 is 1.92 bits per heavy atom. The van der Waals surface area contributed by atoms with Crippen molar-refractivity contribution in [3.05, 3.63) is 77.5 Å². The van der Waals surface area contributed by atoms with Crippen LogP contribution in [0.1, 0.15) is 21.5 Å². The fourth-order valence-corrected chi connectivity index (χ4v) is 2.47. The maximum Gasteiger partial charge on any atom is 0.337 e. The Hall–Kier alpha value is -3.41. The summed E-state index contributed by atoms with van der Waals surface area (Å²) in [6.07, 6.45) is 1.69. The second-order valence-corrected chi connectivity index (χ2v) is 5.80. The number of carbonyl (C=O) groups excluding carboxylic acids is 1. The van der Waals surface area contributed by atoms with Crippen LogP contribution < -0.4 is 10.6 Å². The van der Waals surface area contributed by atoms with Gasteiger partial charge >= 0.3 is 5.97 Å². The molecule has 0 amide bonds. The largest absolute Gasteiger partial charge is 0.465 e. The highest BCUT2D eigenvalue weighted by molar-refractivity contribution is 5.89. The highest BCUT2D eigenvalue weighted by Gasteiger charge is 2.05. The first-order chi connectivity index (χ1) is 12.6. The number of esters is 1. The van der Waals surface area contributed by atoms with Gasteiger partial charge in [-0.1, -0.05) is 29.8 Å². The van der Waals surface area contributed by atoms with Crippen molar-refractivity contribution >= 4 is 23.4 Å². The van der Waals surface area contributed by atoms with Gasteiger partial charge in [-0.25, -0.2) is 9.78 Å². The number of ether oxygens (including phenoxy) is 1. The fourth-order valence-electron chi connectivity index (χ4n) is 2.47. The number of hydrogen-bond donors (Lipinski definition) is 2. The molecule has 2 N–H and O–H groups in total. The lowest BCUT2D eigenvalue weighted by Crippen LogP contribution is -2.05. The molecule has 132 valence electrons. The molecule has 6 nitrogen and oxygen atoms in total. The summed E-state index contributed by atoms with van der Waals surface area (Å²) >= 11 is 0. The number of aryl methyl sites for hydroxylation is 1. The normalized spacial score (nSPS) is 10.2.